The first-order chi connectivity index (χ1) is 8.13. The summed E-state index contributed by atoms with van der Waals surface area (Å²) >= 11 is 3.32. The minimum atomic E-state index is -0.900. The first kappa shape index (κ1) is 14.3. The Morgan fingerprint density at radius 2 is 2.18 bits per heavy atom. The average molecular weight is 307 g/mol. The van der Waals surface area contributed by atoms with Crippen LogP contribution in [0.3, 0.4) is 0 Å². The molecule has 0 spiro atoms. The Morgan fingerprint density at radius 1 is 1.41 bits per heavy atom. The Morgan fingerprint density at radius 3 is 2.82 bits per heavy atom. The van der Waals surface area contributed by atoms with Crippen LogP contribution in [0.4, 0.5) is 4.79 Å². The molecule has 0 bridgehead atoms. The number of rotatable bonds is 5. The van der Waals surface area contributed by atoms with E-state index in [0.29, 0.717) is 19.5 Å². The summed E-state index contributed by atoms with van der Waals surface area (Å²) in [6.45, 7) is 0.991. The van der Waals surface area contributed by atoms with Gasteiger partial charge in [0.2, 0.25) is 5.91 Å². The van der Waals surface area contributed by atoms with Crippen molar-refractivity contribution in [2.45, 2.75) is 38.1 Å². The lowest BCUT2D eigenvalue weighted by molar-refractivity contribution is -0.122. The van der Waals surface area contributed by atoms with Crippen LogP contribution in [0.25, 0.3) is 0 Å². The van der Waals surface area contributed by atoms with Gasteiger partial charge in [-0.3, -0.25) is 4.79 Å². The van der Waals surface area contributed by atoms with Gasteiger partial charge >= 0.3 is 6.09 Å². The van der Waals surface area contributed by atoms with Crippen LogP contribution in [0, 0.1) is 0 Å². The van der Waals surface area contributed by atoms with Crippen LogP contribution in [0.5, 0.6) is 0 Å². The molecule has 1 saturated heterocycles. The molecule has 0 radical (unpaired) electrons. The lowest BCUT2D eigenvalue weighted by Gasteiger charge is -2.31. The van der Waals surface area contributed by atoms with Gasteiger partial charge in [-0.2, -0.15) is 0 Å². The summed E-state index contributed by atoms with van der Waals surface area (Å²) in [6, 6.07) is -0.0173. The second kappa shape index (κ2) is 7.53. The van der Waals surface area contributed by atoms with Gasteiger partial charge in [-0.25, -0.2) is 4.79 Å². The number of amides is 2. The second-order valence-corrected chi connectivity index (χ2v) is 5.07. The summed E-state index contributed by atoms with van der Waals surface area (Å²) in [7, 11) is 0. The van der Waals surface area contributed by atoms with Crippen molar-refractivity contribution in [3.8, 4) is 0 Å². The number of hydrogen-bond acceptors (Lipinski definition) is 2. The van der Waals surface area contributed by atoms with Crippen molar-refractivity contribution < 1.29 is 14.7 Å². The summed E-state index contributed by atoms with van der Waals surface area (Å²) in [5.41, 5.74) is 0. The zero-order valence-electron chi connectivity index (χ0n) is 9.82. The fourth-order valence-corrected chi connectivity index (χ4v) is 2.35. The maximum Gasteiger partial charge on any atom is 0.407 e. The summed E-state index contributed by atoms with van der Waals surface area (Å²) in [5, 5.41) is 12.7. The van der Waals surface area contributed by atoms with Crippen molar-refractivity contribution in [1.29, 1.82) is 0 Å². The van der Waals surface area contributed by atoms with Gasteiger partial charge in [0.25, 0.3) is 0 Å². The minimum absolute atomic E-state index is 0.0173. The molecule has 1 rings (SSSR count). The molecule has 1 aliphatic rings. The van der Waals surface area contributed by atoms with E-state index in [2.05, 4.69) is 21.2 Å². The highest BCUT2D eigenvalue weighted by atomic mass is 79.9. The molecular weight excluding hydrogens is 288 g/mol. The van der Waals surface area contributed by atoms with Crippen LogP contribution in [-0.2, 0) is 4.79 Å². The van der Waals surface area contributed by atoms with Gasteiger partial charge in [-0.05, 0) is 25.7 Å². The lowest BCUT2D eigenvalue weighted by Crippen LogP contribution is -2.49. The summed E-state index contributed by atoms with van der Waals surface area (Å²) in [4.78, 5) is 23.7. The zero-order chi connectivity index (χ0) is 12.7. The summed E-state index contributed by atoms with van der Waals surface area (Å²) in [5.74, 6) is 0.0307. The van der Waals surface area contributed by atoms with Gasteiger partial charge in [-0.1, -0.05) is 15.9 Å². The number of nitrogens with zero attached hydrogens (tertiary/aromatic N) is 1. The third-order valence-electron chi connectivity index (χ3n) is 2.84. The van der Waals surface area contributed by atoms with E-state index in [9.17, 15) is 9.59 Å². The molecule has 1 atom stereocenters. The number of alkyl halides is 1. The van der Waals surface area contributed by atoms with E-state index in [1.54, 1.807) is 0 Å². The highest BCUT2D eigenvalue weighted by molar-refractivity contribution is 9.09. The van der Waals surface area contributed by atoms with Crippen molar-refractivity contribution in [2.24, 2.45) is 0 Å². The van der Waals surface area contributed by atoms with E-state index < -0.39 is 6.09 Å². The van der Waals surface area contributed by atoms with E-state index in [4.69, 9.17) is 5.11 Å². The van der Waals surface area contributed by atoms with Gasteiger partial charge in [0.1, 0.15) is 0 Å². The Bertz CT molecular complexity index is 273. The van der Waals surface area contributed by atoms with Gasteiger partial charge in [0.05, 0.1) is 0 Å². The fourth-order valence-electron chi connectivity index (χ4n) is 1.95. The lowest BCUT2D eigenvalue weighted by atomic mass is 10.1. The predicted octanol–water partition coefficient (Wildman–Crippen LogP) is 1.81. The number of halogens is 1. The van der Waals surface area contributed by atoms with Crippen molar-refractivity contribution in [2.75, 3.05) is 18.4 Å². The van der Waals surface area contributed by atoms with E-state index in [1.807, 2.05) is 0 Å². The van der Waals surface area contributed by atoms with Gasteiger partial charge in [-0.15, -0.1) is 0 Å². The second-order valence-electron chi connectivity index (χ2n) is 4.28. The Labute approximate surface area is 110 Å². The molecule has 0 saturated carbocycles. The Balaban J connectivity index is 2.26. The highest BCUT2D eigenvalue weighted by Crippen LogP contribution is 2.10. The molecule has 0 aromatic rings. The molecule has 17 heavy (non-hydrogen) atoms. The molecule has 1 unspecified atom stereocenters. The first-order valence-electron chi connectivity index (χ1n) is 5.96. The zero-order valence-corrected chi connectivity index (χ0v) is 11.4. The number of carbonyl (C=O) groups excluding carboxylic acids is 1. The molecule has 5 nitrogen and oxygen atoms in total. The van der Waals surface area contributed by atoms with Crippen molar-refractivity contribution in [3.05, 3.63) is 0 Å². The molecule has 0 aromatic carbocycles. The van der Waals surface area contributed by atoms with Crippen LogP contribution in [0.2, 0.25) is 0 Å². The molecule has 1 fully saturated rings. The van der Waals surface area contributed by atoms with Crippen LogP contribution < -0.4 is 5.32 Å². The van der Waals surface area contributed by atoms with Crippen molar-refractivity contribution >= 4 is 27.9 Å². The normalized spacial score (nSPS) is 20.1. The molecule has 0 aliphatic carbocycles. The van der Waals surface area contributed by atoms with Crippen molar-refractivity contribution in [3.63, 3.8) is 0 Å². The van der Waals surface area contributed by atoms with Gasteiger partial charge < -0.3 is 15.3 Å². The molecular formula is C11H19BrN2O3. The smallest absolute Gasteiger partial charge is 0.407 e. The molecule has 2 amide bonds. The maximum absolute atomic E-state index is 11.6. The van der Waals surface area contributed by atoms with E-state index in [1.165, 1.54) is 4.90 Å². The monoisotopic (exact) mass is 306 g/mol. The largest absolute Gasteiger partial charge is 0.465 e. The van der Waals surface area contributed by atoms with Crippen LogP contribution in [0.1, 0.15) is 32.1 Å². The first-order valence-corrected chi connectivity index (χ1v) is 7.09. The molecule has 1 heterocycles. The van der Waals surface area contributed by atoms with E-state index in [-0.39, 0.29) is 11.9 Å². The molecule has 1 aliphatic heterocycles. The van der Waals surface area contributed by atoms with Crippen LogP contribution in [0.15, 0.2) is 0 Å². The molecule has 2 N–H and O–H groups in total. The number of hydrogen-bond donors (Lipinski definition) is 2. The molecule has 98 valence electrons. The molecule has 6 heteroatoms. The maximum atomic E-state index is 11.6. The minimum Gasteiger partial charge on any atom is -0.465 e. The van der Waals surface area contributed by atoms with Gasteiger partial charge in [0, 0.05) is 30.9 Å². The quantitative estimate of drug-likeness (QED) is 0.601. The van der Waals surface area contributed by atoms with E-state index in [0.717, 1.165) is 31.0 Å². The Kier molecular flexibility index (Phi) is 6.32. The van der Waals surface area contributed by atoms with E-state index >= 15 is 0 Å². The standard InChI is InChI=1S/C11H19BrN2O3/c12-6-2-1-5-10(15)13-9-4-3-7-14(8-9)11(16)17/h9H,1-8H2,(H,13,15)(H,16,17). The Hall–Kier alpha value is -0.780. The fraction of sp³-hybridized carbons (Fsp3) is 0.818. The summed E-state index contributed by atoms with van der Waals surface area (Å²) in [6.07, 6.45) is 3.16. The number of carbonyl (C=O) groups is 2. The molecule has 0 aromatic heterocycles. The number of carboxylic acid groups (broad SMARTS) is 1. The highest BCUT2D eigenvalue weighted by Gasteiger charge is 2.23. The third kappa shape index (κ3) is 5.39. The number of likely N-dealkylation sites (tertiary alicyclic amines) is 1. The van der Waals surface area contributed by atoms with Crippen molar-refractivity contribution in [1.82, 2.24) is 10.2 Å². The topological polar surface area (TPSA) is 69.6 Å². The average Bonchev–Trinajstić information content (AvgIpc) is 2.29. The summed E-state index contributed by atoms with van der Waals surface area (Å²) < 4.78 is 0. The predicted molar refractivity (Wildman–Crippen MR) is 68.4 cm³/mol. The number of nitrogens with one attached hydrogen (secondary N) is 1. The van der Waals surface area contributed by atoms with Crippen LogP contribution in [-0.4, -0.2) is 46.5 Å². The number of unbranched alkanes of at least 4 members (excludes halogenated alkanes) is 1. The SMILES string of the molecule is O=C(CCCCBr)NC1CCCN(C(=O)O)C1. The van der Waals surface area contributed by atoms with Gasteiger partial charge in [0.15, 0.2) is 0 Å². The third-order valence-corrected chi connectivity index (χ3v) is 3.41. The number of piperidine rings is 1. The van der Waals surface area contributed by atoms with Crippen LogP contribution >= 0.6 is 15.9 Å².